The van der Waals surface area contributed by atoms with Gasteiger partial charge in [0.2, 0.25) is 0 Å². The van der Waals surface area contributed by atoms with E-state index in [2.05, 4.69) is 31.3 Å². The van der Waals surface area contributed by atoms with Crippen molar-refractivity contribution in [3.05, 3.63) is 99.6 Å². The Hall–Kier alpha value is -3.84. The predicted octanol–water partition coefficient (Wildman–Crippen LogP) is 6.04. The van der Waals surface area contributed by atoms with Crippen LogP contribution in [0.1, 0.15) is 33.4 Å². The van der Waals surface area contributed by atoms with Gasteiger partial charge in [0.25, 0.3) is 5.91 Å². The molecule has 0 atom stereocenters. The summed E-state index contributed by atoms with van der Waals surface area (Å²) in [6.07, 6.45) is 1.56. The van der Waals surface area contributed by atoms with Crippen LogP contribution in [0.25, 0.3) is 6.08 Å². The van der Waals surface area contributed by atoms with Crippen LogP contribution in [0.2, 0.25) is 0 Å². The van der Waals surface area contributed by atoms with E-state index in [0.717, 1.165) is 16.7 Å². The van der Waals surface area contributed by atoms with Gasteiger partial charge in [-0.3, -0.25) is 4.79 Å². The average Bonchev–Trinajstić information content (AvgIpc) is 2.76. The van der Waals surface area contributed by atoms with Crippen molar-refractivity contribution < 1.29 is 9.53 Å². The third-order valence-corrected chi connectivity index (χ3v) is 5.31. The molecule has 1 N–H and O–H groups in total. The van der Waals surface area contributed by atoms with Crippen molar-refractivity contribution in [3.8, 4) is 11.8 Å². The quantitative estimate of drug-likeness (QED) is 0.398. The van der Waals surface area contributed by atoms with Gasteiger partial charge in [-0.1, -0.05) is 42.5 Å². The molecule has 0 fully saturated rings. The van der Waals surface area contributed by atoms with E-state index in [9.17, 15) is 10.1 Å². The maximum Gasteiger partial charge on any atom is 0.266 e. The number of hydrogen-bond donors (Lipinski definition) is 1. The van der Waals surface area contributed by atoms with E-state index >= 15 is 0 Å². The van der Waals surface area contributed by atoms with Crippen molar-refractivity contribution in [2.24, 2.45) is 0 Å². The van der Waals surface area contributed by atoms with Gasteiger partial charge in [0.1, 0.15) is 24.0 Å². The number of anilines is 1. The Kier molecular flexibility index (Phi) is 6.89. The molecule has 3 aromatic carbocycles. The van der Waals surface area contributed by atoms with Crippen LogP contribution in [-0.2, 0) is 11.4 Å². The summed E-state index contributed by atoms with van der Waals surface area (Å²) in [5.41, 5.74) is 7.08. The molecule has 3 rings (SSSR count). The lowest BCUT2D eigenvalue weighted by molar-refractivity contribution is -0.112. The average molecular weight is 411 g/mol. The number of rotatable bonds is 6. The highest BCUT2D eigenvalue weighted by Crippen LogP contribution is 2.23. The van der Waals surface area contributed by atoms with Crippen LogP contribution in [-0.4, -0.2) is 5.91 Å². The van der Waals surface area contributed by atoms with Gasteiger partial charge in [-0.25, -0.2) is 0 Å². The van der Waals surface area contributed by atoms with Crippen molar-refractivity contribution in [2.75, 3.05) is 5.32 Å². The number of nitrogens with one attached hydrogen (secondary N) is 1. The van der Waals surface area contributed by atoms with Gasteiger partial charge in [0, 0.05) is 11.3 Å². The molecule has 0 saturated heterocycles. The number of nitriles is 1. The highest BCUT2D eigenvalue weighted by atomic mass is 16.5. The smallest absolute Gasteiger partial charge is 0.266 e. The number of benzene rings is 3. The maximum absolute atomic E-state index is 12.7. The van der Waals surface area contributed by atoms with Crippen LogP contribution < -0.4 is 10.1 Å². The van der Waals surface area contributed by atoms with Crippen LogP contribution in [0.5, 0.6) is 5.75 Å². The lowest BCUT2D eigenvalue weighted by atomic mass is 10.1. The van der Waals surface area contributed by atoms with Crippen LogP contribution in [0, 0.1) is 39.0 Å². The zero-order valence-electron chi connectivity index (χ0n) is 18.3. The second-order valence-electron chi connectivity index (χ2n) is 7.67. The number of para-hydroxylation sites is 1. The van der Waals surface area contributed by atoms with Crippen molar-refractivity contribution >= 4 is 17.7 Å². The fourth-order valence-corrected chi connectivity index (χ4v) is 3.11. The summed E-state index contributed by atoms with van der Waals surface area (Å²) in [4.78, 5) is 12.7. The summed E-state index contributed by atoms with van der Waals surface area (Å²) in [6.45, 7) is 8.55. The van der Waals surface area contributed by atoms with Gasteiger partial charge in [0.05, 0.1) is 0 Å². The number of carbonyl (C=O) groups is 1. The molecule has 0 heterocycles. The molecule has 4 nitrogen and oxygen atoms in total. The molecule has 0 aliphatic rings. The third-order valence-electron chi connectivity index (χ3n) is 5.31. The molecular weight excluding hydrogens is 384 g/mol. The number of ether oxygens (including phenoxy) is 1. The Bertz CT molecular complexity index is 1190. The van der Waals surface area contributed by atoms with E-state index < -0.39 is 5.91 Å². The minimum atomic E-state index is -0.449. The minimum absolute atomic E-state index is 0.0143. The van der Waals surface area contributed by atoms with Gasteiger partial charge >= 0.3 is 0 Å². The molecule has 4 heteroatoms. The van der Waals surface area contributed by atoms with E-state index in [1.54, 1.807) is 6.08 Å². The molecule has 0 saturated carbocycles. The van der Waals surface area contributed by atoms with Crippen LogP contribution in [0.3, 0.4) is 0 Å². The number of aryl methyl sites for hydroxylation is 4. The van der Waals surface area contributed by atoms with Gasteiger partial charge < -0.3 is 10.1 Å². The normalized spacial score (nSPS) is 11.0. The van der Waals surface area contributed by atoms with E-state index in [1.807, 2.05) is 68.4 Å². The summed E-state index contributed by atoms with van der Waals surface area (Å²) in [5, 5.41) is 12.4. The molecule has 0 unspecified atom stereocenters. The first-order valence-corrected chi connectivity index (χ1v) is 10.2. The monoisotopic (exact) mass is 410 g/mol. The third kappa shape index (κ3) is 5.61. The number of carbonyl (C=O) groups excluding carboxylic acids is 1. The van der Waals surface area contributed by atoms with Gasteiger partial charge in [0.15, 0.2) is 0 Å². The topological polar surface area (TPSA) is 62.1 Å². The molecular formula is C27H26N2O2. The zero-order valence-corrected chi connectivity index (χ0v) is 18.3. The van der Waals surface area contributed by atoms with Gasteiger partial charge in [-0.2, -0.15) is 5.26 Å². The Morgan fingerprint density at radius 3 is 2.29 bits per heavy atom. The summed E-state index contributed by atoms with van der Waals surface area (Å²) in [5.74, 6) is 0.169. The Morgan fingerprint density at radius 1 is 0.935 bits per heavy atom. The van der Waals surface area contributed by atoms with Gasteiger partial charge in [-0.05, 0) is 79.8 Å². The molecule has 0 spiro atoms. The number of nitrogens with zero attached hydrogens (tertiary/aromatic N) is 1. The second kappa shape index (κ2) is 9.77. The molecule has 0 aromatic heterocycles. The summed E-state index contributed by atoms with van der Waals surface area (Å²) < 4.78 is 6.00. The second-order valence-corrected chi connectivity index (χ2v) is 7.67. The molecule has 0 aliphatic heterocycles. The fourth-order valence-electron chi connectivity index (χ4n) is 3.11. The number of hydrogen-bond acceptors (Lipinski definition) is 3. The van der Waals surface area contributed by atoms with E-state index in [1.165, 1.54) is 11.1 Å². The van der Waals surface area contributed by atoms with E-state index in [4.69, 9.17) is 4.74 Å². The fraction of sp³-hybridized carbons (Fsp3) is 0.185. The van der Waals surface area contributed by atoms with Crippen molar-refractivity contribution in [1.82, 2.24) is 0 Å². The molecule has 3 aromatic rings. The Morgan fingerprint density at radius 2 is 1.61 bits per heavy atom. The molecule has 31 heavy (non-hydrogen) atoms. The van der Waals surface area contributed by atoms with Crippen LogP contribution in [0.15, 0.2) is 66.2 Å². The lowest BCUT2D eigenvalue weighted by Crippen LogP contribution is -2.13. The summed E-state index contributed by atoms with van der Waals surface area (Å²) >= 11 is 0. The maximum atomic E-state index is 12.7. The highest BCUT2D eigenvalue weighted by molar-refractivity contribution is 6.09. The van der Waals surface area contributed by atoms with Crippen molar-refractivity contribution in [3.63, 3.8) is 0 Å². The predicted molar refractivity (Wildman–Crippen MR) is 125 cm³/mol. The first kappa shape index (κ1) is 21.9. The largest absolute Gasteiger partial charge is 0.488 e. The minimum Gasteiger partial charge on any atom is -0.488 e. The summed E-state index contributed by atoms with van der Waals surface area (Å²) in [7, 11) is 0. The molecule has 156 valence electrons. The molecule has 1 amide bonds. The van der Waals surface area contributed by atoms with E-state index in [-0.39, 0.29) is 5.57 Å². The first-order chi connectivity index (χ1) is 14.9. The molecule has 0 radical (unpaired) electrons. The molecule has 0 bridgehead atoms. The Balaban J connectivity index is 1.78. The highest BCUT2D eigenvalue weighted by Gasteiger charge is 2.12. The van der Waals surface area contributed by atoms with Crippen molar-refractivity contribution in [1.29, 1.82) is 5.26 Å². The summed E-state index contributed by atoms with van der Waals surface area (Å²) in [6, 6.07) is 21.3. The first-order valence-electron chi connectivity index (χ1n) is 10.2. The van der Waals surface area contributed by atoms with Crippen LogP contribution in [0.4, 0.5) is 5.69 Å². The Labute approximate surface area is 183 Å². The van der Waals surface area contributed by atoms with Gasteiger partial charge in [-0.15, -0.1) is 0 Å². The lowest BCUT2D eigenvalue weighted by Gasteiger charge is -2.11. The zero-order chi connectivity index (χ0) is 22.4. The molecule has 0 aliphatic carbocycles. The number of amides is 1. The van der Waals surface area contributed by atoms with Crippen molar-refractivity contribution in [2.45, 2.75) is 34.3 Å². The standard InChI is InChI=1S/C27H26N2O2/c1-18-9-11-22(13-20(18)3)17-31-26-8-6-5-7-23(26)15-24(16-28)27(30)29-25-12-10-19(2)21(4)14-25/h5-15H,17H2,1-4H3,(H,29,30)/b24-15+. The van der Waals surface area contributed by atoms with E-state index in [0.29, 0.717) is 23.6 Å². The van der Waals surface area contributed by atoms with Crippen LogP contribution >= 0.6 is 0 Å². The SMILES string of the molecule is Cc1ccc(COc2ccccc2/C=C(\C#N)C(=O)Nc2ccc(C)c(C)c2)cc1C.